The predicted molar refractivity (Wildman–Crippen MR) is 121 cm³/mol. The van der Waals surface area contributed by atoms with Gasteiger partial charge in [-0.2, -0.15) is 0 Å². The molecule has 0 bridgehead atoms. The van der Waals surface area contributed by atoms with Gasteiger partial charge in [-0.15, -0.1) is 11.3 Å². The van der Waals surface area contributed by atoms with Crippen molar-refractivity contribution >= 4 is 23.2 Å². The van der Waals surface area contributed by atoms with E-state index in [9.17, 15) is 9.59 Å². The molecule has 1 aliphatic rings. The Labute approximate surface area is 186 Å². The van der Waals surface area contributed by atoms with Crippen LogP contribution in [0.4, 0.5) is 0 Å². The Morgan fingerprint density at radius 1 is 1.03 bits per heavy atom. The minimum atomic E-state index is -0.182. The molecule has 1 aliphatic heterocycles. The second-order valence-electron chi connectivity index (χ2n) is 7.44. The molecule has 2 heterocycles. The number of hydrogen-bond acceptors (Lipinski definition) is 5. The number of aromatic nitrogens is 1. The number of nitrogens with zero attached hydrogens (tertiary/aromatic N) is 3. The molecule has 160 valence electrons. The maximum absolute atomic E-state index is 13.1. The fraction of sp³-hybridized carbons (Fsp3) is 0.292. The van der Waals surface area contributed by atoms with Crippen molar-refractivity contribution in [1.82, 2.24) is 14.8 Å². The van der Waals surface area contributed by atoms with Gasteiger partial charge in [0.05, 0.1) is 11.7 Å². The molecule has 1 saturated heterocycles. The van der Waals surface area contributed by atoms with E-state index in [-0.39, 0.29) is 24.5 Å². The summed E-state index contributed by atoms with van der Waals surface area (Å²) in [5.74, 6) is 0.585. The zero-order chi connectivity index (χ0) is 21.6. The Balaban J connectivity index is 1.55. The number of amides is 2. The van der Waals surface area contributed by atoms with Gasteiger partial charge in [0.2, 0.25) is 5.91 Å². The molecule has 1 aromatic heterocycles. The largest absolute Gasteiger partial charge is 0.484 e. The summed E-state index contributed by atoms with van der Waals surface area (Å²) in [4.78, 5) is 33.6. The summed E-state index contributed by atoms with van der Waals surface area (Å²) in [6.07, 6.45) is 0.651. The molecular weight excluding hydrogens is 410 g/mol. The topological polar surface area (TPSA) is 62.7 Å². The first kappa shape index (κ1) is 21.1. The van der Waals surface area contributed by atoms with E-state index in [1.165, 1.54) is 0 Å². The first-order chi connectivity index (χ1) is 15.1. The van der Waals surface area contributed by atoms with Crippen molar-refractivity contribution in [2.75, 3.05) is 26.2 Å². The summed E-state index contributed by atoms with van der Waals surface area (Å²) in [5, 5.41) is 2.92. The Kier molecular flexibility index (Phi) is 6.62. The minimum Gasteiger partial charge on any atom is -0.484 e. The molecule has 0 spiro atoms. The molecule has 0 N–H and O–H groups in total. The van der Waals surface area contributed by atoms with Gasteiger partial charge < -0.3 is 14.5 Å². The Hall–Kier alpha value is -3.19. The lowest BCUT2D eigenvalue weighted by Gasteiger charge is -2.28. The van der Waals surface area contributed by atoms with Gasteiger partial charge in [0.15, 0.2) is 6.61 Å². The summed E-state index contributed by atoms with van der Waals surface area (Å²) >= 11 is 1.56. The lowest BCUT2D eigenvalue weighted by molar-refractivity contribution is -0.136. The molecule has 6 nitrogen and oxygen atoms in total. The maximum atomic E-state index is 13.1. The van der Waals surface area contributed by atoms with Gasteiger partial charge >= 0.3 is 0 Å². The number of carbonyl (C=O) groups excluding carboxylic acids is 2. The SMILES string of the molecule is CC(=O)N1CCC(c2nc(-c3ccccc3)cs2)N(C(=O)COc2ccccc2)CC1. The monoisotopic (exact) mass is 435 g/mol. The van der Waals surface area contributed by atoms with Gasteiger partial charge in [0, 0.05) is 37.5 Å². The fourth-order valence-electron chi connectivity index (χ4n) is 3.73. The first-order valence-electron chi connectivity index (χ1n) is 10.4. The fourth-order valence-corrected chi connectivity index (χ4v) is 4.70. The summed E-state index contributed by atoms with van der Waals surface area (Å²) in [6, 6.07) is 19.1. The molecule has 0 aliphatic carbocycles. The van der Waals surface area contributed by atoms with Crippen LogP contribution in [0.1, 0.15) is 24.4 Å². The van der Waals surface area contributed by atoms with Crippen LogP contribution in [0.15, 0.2) is 66.0 Å². The third-order valence-corrected chi connectivity index (χ3v) is 6.35. The Bertz CT molecular complexity index is 1020. The number of carbonyl (C=O) groups is 2. The molecule has 4 rings (SSSR count). The van der Waals surface area contributed by atoms with Crippen molar-refractivity contribution in [3.63, 3.8) is 0 Å². The highest BCUT2D eigenvalue weighted by atomic mass is 32.1. The minimum absolute atomic E-state index is 0.0256. The third kappa shape index (κ3) is 5.11. The number of benzene rings is 2. The van der Waals surface area contributed by atoms with E-state index in [2.05, 4.69) is 0 Å². The van der Waals surface area contributed by atoms with Crippen LogP contribution in [0.3, 0.4) is 0 Å². The van der Waals surface area contributed by atoms with E-state index >= 15 is 0 Å². The van der Waals surface area contributed by atoms with E-state index in [1.807, 2.05) is 70.9 Å². The third-order valence-electron chi connectivity index (χ3n) is 5.41. The standard InChI is InChI=1S/C24H25N3O3S/c1-18(28)26-13-12-22(24-25-21(17-31-24)19-8-4-2-5-9-19)27(15-14-26)23(29)16-30-20-10-6-3-7-11-20/h2-11,17,22H,12-16H2,1H3. The quantitative estimate of drug-likeness (QED) is 0.608. The lowest BCUT2D eigenvalue weighted by Crippen LogP contribution is -2.40. The molecule has 1 fully saturated rings. The summed E-state index contributed by atoms with van der Waals surface area (Å²) in [7, 11) is 0. The second kappa shape index (κ2) is 9.75. The Morgan fingerprint density at radius 3 is 2.45 bits per heavy atom. The van der Waals surface area contributed by atoms with Crippen molar-refractivity contribution in [2.24, 2.45) is 0 Å². The highest BCUT2D eigenvalue weighted by molar-refractivity contribution is 7.10. The van der Waals surface area contributed by atoms with Crippen LogP contribution in [0.5, 0.6) is 5.75 Å². The first-order valence-corrected chi connectivity index (χ1v) is 11.2. The number of hydrogen-bond donors (Lipinski definition) is 0. The zero-order valence-electron chi connectivity index (χ0n) is 17.4. The number of thiazole rings is 1. The zero-order valence-corrected chi connectivity index (χ0v) is 18.3. The van der Waals surface area contributed by atoms with Crippen molar-refractivity contribution in [3.05, 3.63) is 71.1 Å². The van der Waals surface area contributed by atoms with E-state index in [0.29, 0.717) is 31.8 Å². The molecule has 1 atom stereocenters. The molecule has 0 radical (unpaired) electrons. The van der Waals surface area contributed by atoms with Crippen LogP contribution in [-0.2, 0) is 9.59 Å². The van der Waals surface area contributed by atoms with Gasteiger partial charge in [0.1, 0.15) is 10.8 Å². The number of para-hydroxylation sites is 1. The maximum Gasteiger partial charge on any atom is 0.261 e. The van der Waals surface area contributed by atoms with Gasteiger partial charge in [-0.05, 0) is 18.6 Å². The average Bonchev–Trinajstić information content (AvgIpc) is 3.18. The van der Waals surface area contributed by atoms with E-state index in [1.54, 1.807) is 23.2 Å². The highest BCUT2D eigenvalue weighted by Crippen LogP contribution is 2.32. The van der Waals surface area contributed by atoms with Crippen LogP contribution in [0.25, 0.3) is 11.3 Å². The molecule has 7 heteroatoms. The molecular formula is C24H25N3O3S. The van der Waals surface area contributed by atoms with Crippen LogP contribution in [0.2, 0.25) is 0 Å². The van der Waals surface area contributed by atoms with Crippen molar-refractivity contribution in [2.45, 2.75) is 19.4 Å². The van der Waals surface area contributed by atoms with E-state index in [0.717, 1.165) is 16.3 Å². The molecule has 3 aromatic rings. The normalized spacial score (nSPS) is 16.6. The summed E-state index contributed by atoms with van der Waals surface area (Å²) in [5.41, 5.74) is 1.95. The van der Waals surface area contributed by atoms with Crippen LogP contribution in [0, 0.1) is 0 Å². The van der Waals surface area contributed by atoms with Crippen LogP contribution in [-0.4, -0.2) is 52.8 Å². The van der Waals surface area contributed by atoms with Crippen molar-refractivity contribution in [3.8, 4) is 17.0 Å². The smallest absolute Gasteiger partial charge is 0.261 e. The predicted octanol–water partition coefficient (Wildman–Crippen LogP) is 4.01. The molecule has 2 amide bonds. The molecule has 31 heavy (non-hydrogen) atoms. The molecule has 0 saturated carbocycles. The average molecular weight is 436 g/mol. The van der Waals surface area contributed by atoms with E-state index in [4.69, 9.17) is 9.72 Å². The number of rotatable bonds is 5. The van der Waals surface area contributed by atoms with Gasteiger partial charge in [-0.25, -0.2) is 4.98 Å². The molecule has 1 unspecified atom stereocenters. The summed E-state index contributed by atoms with van der Waals surface area (Å²) < 4.78 is 5.71. The lowest BCUT2D eigenvalue weighted by atomic mass is 10.1. The van der Waals surface area contributed by atoms with Crippen LogP contribution < -0.4 is 4.74 Å². The van der Waals surface area contributed by atoms with Crippen molar-refractivity contribution < 1.29 is 14.3 Å². The summed E-state index contributed by atoms with van der Waals surface area (Å²) in [6.45, 7) is 3.10. The Morgan fingerprint density at radius 2 is 1.74 bits per heavy atom. The van der Waals surface area contributed by atoms with Gasteiger partial charge in [0.25, 0.3) is 5.91 Å². The van der Waals surface area contributed by atoms with Crippen molar-refractivity contribution in [1.29, 1.82) is 0 Å². The van der Waals surface area contributed by atoms with Crippen LogP contribution >= 0.6 is 11.3 Å². The van der Waals surface area contributed by atoms with E-state index < -0.39 is 0 Å². The molecule has 2 aromatic carbocycles. The number of ether oxygens (including phenoxy) is 1. The highest BCUT2D eigenvalue weighted by Gasteiger charge is 2.32. The second-order valence-corrected chi connectivity index (χ2v) is 8.33. The van der Waals surface area contributed by atoms with Gasteiger partial charge in [-0.1, -0.05) is 48.5 Å². The van der Waals surface area contributed by atoms with Gasteiger partial charge in [-0.3, -0.25) is 9.59 Å².